The summed E-state index contributed by atoms with van der Waals surface area (Å²) in [4.78, 5) is 11.1. The molecule has 0 aliphatic carbocycles. The highest BCUT2D eigenvalue weighted by atomic mass is 35.5. The molecule has 1 unspecified atom stereocenters. The van der Waals surface area contributed by atoms with Crippen LogP contribution >= 0.6 is 11.6 Å². The van der Waals surface area contributed by atoms with E-state index in [-0.39, 0.29) is 18.4 Å². The van der Waals surface area contributed by atoms with Crippen molar-refractivity contribution in [3.8, 4) is 0 Å². The molecule has 0 aromatic heterocycles. The van der Waals surface area contributed by atoms with Crippen LogP contribution in [0.2, 0.25) is 5.02 Å². The maximum atomic E-state index is 11.1. The molecule has 1 rings (SSSR count). The van der Waals surface area contributed by atoms with E-state index in [1.165, 1.54) is 0 Å². The Labute approximate surface area is 93.3 Å². The number of rotatable bonds is 4. The fourth-order valence-corrected chi connectivity index (χ4v) is 1.37. The number of hydrogen-bond acceptors (Lipinski definition) is 3. The normalized spacial score (nSPS) is 12.2. The zero-order valence-electron chi connectivity index (χ0n) is 8.37. The van der Waals surface area contributed by atoms with Crippen molar-refractivity contribution in [2.75, 3.05) is 7.11 Å². The Balaban J connectivity index is 2.74. The molecule has 0 bridgehead atoms. The lowest BCUT2D eigenvalue weighted by Crippen LogP contribution is -2.31. The van der Waals surface area contributed by atoms with E-state index in [0.29, 0.717) is 5.02 Å². The van der Waals surface area contributed by atoms with Gasteiger partial charge in [-0.2, -0.15) is 0 Å². The van der Waals surface area contributed by atoms with E-state index in [4.69, 9.17) is 22.2 Å². The van der Waals surface area contributed by atoms with Gasteiger partial charge >= 0.3 is 0 Å². The maximum absolute atomic E-state index is 11.1. The number of ether oxygens (including phenoxy) is 1. The number of hydrogen-bond donors (Lipinski definition) is 2. The molecule has 1 amide bonds. The Morgan fingerprint density at radius 3 is 2.60 bits per heavy atom. The van der Waals surface area contributed by atoms with Gasteiger partial charge in [0.1, 0.15) is 0 Å². The molecular formula is C10H13ClN2O2. The van der Waals surface area contributed by atoms with Gasteiger partial charge in [0.25, 0.3) is 0 Å². The molecule has 0 aliphatic heterocycles. The van der Waals surface area contributed by atoms with Crippen molar-refractivity contribution < 1.29 is 9.53 Å². The van der Waals surface area contributed by atoms with Crippen LogP contribution in [0, 0.1) is 0 Å². The summed E-state index contributed by atoms with van der Waals surface area (Å²) in [6.07, 6.45) is -0.111. The number of nitrogens with one attached hydrogen (secondary N) is 1. The van der Waals surface area contributed by atoms with Gasteiger partial charge in [-0.25, -0.2) is 5.84 Å². The molecule has 0 radical (unpaired) electrons. The smallest absolute Gasteiger partial charge is 0.236 e. The second-order valence-electron chi connectivity index (χ2n) is 3.05. The van der Waals surface area contributed by atoms with Crippen LogP contribution in [-0.2, 0) is 9.53 Å². The first-order chi connectivity index (χ1) is 7.17. The molecule has 4 nitrogen and oxygen atoms in total. The molecule has 1 atom stereocenters. The van der Waals surface area contributed by atoms with Crippen LogP contribution in [0.15, 0.2) is 24.3 Å². The molecule has 0 aliphatic rings. The molecule has 0 fully saturated rings. The third-order valence-corrected chi connectivity index (χ3v) is 2.31. The standard InChI is InChI=1S/C10H13ClN2O2/c1-15-9(6-10(14)13-12)7-2-4-8(11)5-3-7/h2-5,9H,6,12H2,1H3,(H,13,14). The molecule has 15 heavy (non-hydrogen) atoms. The van der Waals surface area contributed by atoms with Crippen molar-refractivity contribution in [3.63, 3.8) is 0 Å². The molecule has 5 heteroatoms. The van der Waals surface area contributed by atoms with Gasteiger partial charge in [-0.05, 0) is 17.7 Å². The average molecular weight is 229 g/mol. The Hall–Kier alpha value is -1.10. The Kier molecular flexibility index (Phi) is 4.55. The molecule has 0 heterocycles. The van der Waals surface area contributed by atoms with Crippen molar-refractivity contribution in [1.29, 1.82) is 0 Å². The first kappa shape index (κ1) is 12.0. The van der Waals surface area contributed by atoms with Crippen LogP contribution in [0.3, 0.4) is 0 Å². The number of carbonyl (C=O) groups is 1. The highest BCUT2D eigenvalue weighted by molar-refractivity contribution is 6.30. The minimum absolute atomic E-state index is 0.189. The van der Waals surface area contributed by atoms with E-state index in [2.05, 4.69) is 5.43 Å². The van der Waals surface area contributed by atoms with E-state index in [0.717, 1.165) is 5.56 Å². The monoisotopic (exact) mass is 228 g/mol. The van der Waals surface area contributed by atoms with Gasteiger partial charge in [0.2, 0.25) is 5.91 Å². The van der Waals surface area contributed by atoms with E-state index in [1.807, 2.05) is 12.1 Å². The van der Waals surface area contributed by atoms with Crippen molar-refractivity contribution in [1.82, 2.24) is 5.43 Å². The second-order valence-corrected chi connectivity index (χ2v) is 3.48. The highest BCUT2D eigenvalue weighted by Gasteiger charge is 2.14. The van der Waals surface area contributed by atoms with Crippen molar-refractivity contribution in [3.05, 3.63) is 34.9 Å². The SMILES string of the molecule is COC(CC(=O)NN)c1ccc(Cl)cc1. The molecule has 1 aromatic rings. The molecule has 3 N–H and O–H groups in total. The molecule has 0 saturated carbocycles. The lowest BCUT2D eigenvalue weighted by atomic mass is 10.1. The Bertz CT molecular complexity index is 327. The highest BCUT2D eigenvalue weighted by Crippen LogP contribution is 2.21. The summed E-state index contributed by atoms with van der Waals surface area (Å²) in [6, 6.07) is 7.15. The quantitative estimate of drug-likeness (QED) is 0.465. The van der Waals surface area contributed by atoms with Crippen LogP contribution in [0.1, 0.15) is 18.1 Å². The van der Waals surface area contributed by atoms with Crippen LogP contribution in [-0.4, -0.2) is 13.0 Å². The summed E-state index contributed by atoms with van der Waals surface area (Å²) in [6.45, 7) is 0. The number of amides is 1. The van der Waals surface area contributed by atoms with Crippen molar-refractivity contribution in [2.45, 2.75) is 12.5 Å². The van der Waals surface area contributed by atoms with Gasteiger partial charge in [-0.3, -0.25) is 10.2 Å². The van der Waals surface area contributed by atoms with Gasteiger partial charge in [0.05, 0.1) is 12.5 Å². The Morgan fingerprint density at radius 1 is 1.53 bits per heavy atom. The first-order valence-corrected chi connectivity index (χ1v) is 4.83. The molecule has 1 aromatic carbocycles. The minimum Gasteiger partial charge on any atom is -0.376 e. The third kappa shape index (κ3) is 3.51. The van der Waals surface area contributed by atoms with Crippen LogP contribution < -0.4 is 11.3 Å². The molecule has 0 saturated heterocycles. The zero-order valence-corrected chi connectivity index (χ0v) is 9.12. The summed E-state index contributed by atoms with van der Waals surface area (Å²) in [5, 5.41) is 0.650. The number of nitrogens with two attached hydrogens (primary N) is 1. The predicted octanol–water partition coefficient (Wildman–Crippen LogP) is 1.41. The number of carbonyl (C=O) groups excluding carboxylic acids is 1. The maximum Gasteiger partial charge on any atom is 0.236 e. The van der Waals surface area contributed by atoms with Crippen LogP contribution in [0.5, 0.6) is 0 Å². The largest absolute Gasteiger partial charge is 0.376 e. The lowest BCUT2D eigenvalue weighted by molar-refractivity contribution is -0.123. The van der Waals surface area contributed by atoms with Gasteiger partial charge in [0.15, 0.2) is 0 Å². The number of methoxy groups -OCH3 is 1. The summed E-state index contributed by atoms with van der Waals surface area (Å²) in [7, 11) is 1.54. The molecular weight excluding hydrogens is 216 g/mol. The third-order valence-electron chi connectivity index (χ3n) is 2.06. The summed E-state index contributed by atoms with van der Waals surface area (Å²) in [5.74, 6) is 4.73. The average Bonchev–Trinajstić information content (AvgIpc) is 2.27. The topological polar surface area (TPSA) is 64.3 Å². The number of hydrazine groups is 1. The van der Waals surface area contributed by atoms with Gasteiger partial charge in [-0.1, -0.05) is 23.7 Å². The lowest BCUT2D eigenvalue weighted by Gasteiger charge is -2.14. The van der Waals surface area contributed by atoms with Gasteiger partial charge in [-0.15, -0.1) is 0 Å². The van der Waals surface area contributed by atoms with E-state index < -0.39 is 0 Å². The summed E-state index contributed by atoms with van der Waals surface area (Å²) < 4.78 is 5.19. The van der Waals surface area contributed by atoms with Gasteiger partial charge < -0.3 is 4.74 Å². The van der Waals surface area contributed by atoms with Crippen LogP contribution in [0.25, 0.3) is 0 Å². The first-order valence-electron chi connectivity index (χ1n) is 4.45. The molecule has 0 spiro atoms. The van der Waals surface area contributed by atoms with E-state index in [1.54, 1.807) is 19.2 Å². The predicted molar refractivity (Wildman–Crippen MR) is 58.1 cm³/mol. The number of halogens is 1. The van der Waals surface area contributed by atoms with E-state index in [9.17, 15) is 4.79 Å². The van der Waals surface area contributed by atoms with Crippen molar-refractivity contribution in [2.24, 2.45) is 5.84 Å². The Morgan fingerprint density at radius 2 is 2.13 bits per heavy atom. The zero-order chi connectivity index (χ0) is 11.3. The summed E-state index contributed by atoms with van der Waals surface area (Å²) >= 11 is 5.75. The van der Waals surface area contributed by atoms with Gasteiger partial charge in [0, 0.05) is 12.1 Å². The van der Waals surface area contributed by atoms with E-state index >= 15 is 0 Å². The van der Waals surface area contributed by atoms with Crippen molar-refractivity contribution >= 4 is 17.5 Å². The fourth-order valence-electron chi connectivity index (χ4n) is 1.24. The van der Waals surface area contributed by atoms with Crippen LogP contribution in [0.4, 0.5) is 0 Å². The fraction of sp³-hybridized carbons (Fsp3) is 0.300. The minimum atomic E-state index is -0.300. The second kappa shape index (κ2) is 5.70. The summed E-state index contributed by atoms with van der Waals surface area (Å²) in [5.41, 5.74) is 2.96. The number of benzene rings is 1. The molecule has 82 valence electrons.